The normalized spacial score (nSPS) is 14.3. The Kier molecular flexibility index (Phi) is 7.59. The van der Waals surface area contributed by atoms with Gasteiger partial charge in [-0.25, -0.2) is 15.0 Å². The standard InChI is InChI=1S/C17H27N5O3/c1-2-3-4-8-14(11-22(25)12-23)16(24)20-21-17-18-10-13-7-5-6-9-15(13)19-17/h10,12,14,25H,2-9,11H2,1H3,(H,20,24)(H,18,19,21)/t14-/m1/s1. The Morgan fingerprint density at radius 2 is 2.20 bits per heavy atom. The van der Waals surface area contributed by atoms with Crippen LogP contribution in [0.1, 0.15) is 56.7 Å². The summed E-state index contributed by atoms with van der Waals surface area (Å²) in [7, 11) is 0. The summed E-state index contributed by atoms with van der Waals surface area (Å²) in [6, 6.07) is 0. The first-order valence-corrected chi connectivity index (χ1v) is 8.95. The predicted octanol–water partition coefficient (Wildman–Crippen LogP) is 1.84. The van der Waals surface area contributed by atoms with Gasteiger partial charge < -0.3 is 0 Å². The van der Waals surface area contributed by atoms with Gasteiger partial charge >= 0.3 is 0 Å². The monoisotopic (exact) mass is 349 g/mol. The number of nitrogens with zero attached hydrogens (tertiary/aromatic N) is 3. The molecule has 8 nitrogen and oxygen atoms in total. The molecule has 0 radical (unpaired) electrons. The second kappa shape index (κ2) is 9.93. The molecule has 0 aliphatic heterocycles. The zero-order chi connectivity index (χ0) is 18.1. The molecule has 0 bridgehead atoms. The van der Waals surface area contributed by atoms with Crippen LogP contribution in [0.25, 0.3) is 0 Å². The Labute approximate surface area is 148 Å². The maximum atomic E-state index is 12.4. The Bertz CT molecular complexity index is 581. The highest BCUT2D eigenvalue weighted by Gasteiger charge is 2.21. The van der Waals surface area contributed by atoms with Crippen molar-refractivity contribution < 1.29 is 14.8 Å². The molecule has 1 aromatic rings. The Balaban J connectivity index is 1.91. The molecule has 0 unspecified atom stereocenters. The zero-order valence-electron chi connectivity index (χ0n) is 14.7. The third kappa shape index (κ3) is 5.97. The summed E-state index contributed by atoms with van der Waals surface area (Å²) in [5, 5.41) is 9.90. The van der Waals surface area contributed by atoms with Crippen LogP contribution in [0.2, 0.25) is 0 Å². The van der Waals surface area contributed by atoms with E-state index in [2.05, 4.69) is 27.7 Å². The van der Waals surface area contributed by atoms with E-state index >= 15 is 0 Å². The molecule has 1 atom stereocenters. The number of hydrazine groups is 1. The van der Waals surface area contributed by atoms with Crippen molar-refractivity contribution in [2.24, 2.45) is 5.92 Å². The summed E-state index contributed by atoms with van der Waals surface area (Å²) in [6.45, 7) is 2.04. The van der Waals surface area contributed by atoms with E-state index in [9.17, 15) is 14.8 Å². The van der Waals surface area contributed by atoms with E-state index in [0.29, 0.717) is 23.8 Å². The van der Waals surface area contributed by atoms with E-state index in [4.69, 9.17) is 0 Å². The first kappa shape index (κ1) is 19.1. The van der Waals surface area contributed by atoms with Gasteiger partial charge in [-0.2, -0.15) is 0 Å². The number of aryl methyl sites for hydroxylation is 2. The number of hydrogen-bond acceptors (Lipinski definition) is 6. The summed E-state index contributed by atoms with van der Waals surface area (Å²) in [4.78, 5) is 31.7. The summed E-state index contributed by atoms with van der Waals surface area (Å²) in [5.41, 5.74) is 7.54. The lowest BCUT2D eigenvalue weighted by Gasteiger charge is -2.20. The Morgan fingerprint density at radius 1 is 1.40 bits per heavy atom. The average Bonchev–Trinajstić information content (AvgIpc) is 2.65. The molecule has 0 aromatic carbocycles. The molecule has 1 aromatic heterocycles. The molecule has 1 aliphatic rings. The van der Waals surface area contributed by atoms with Crippen LogP contribution in [-0.2, 0) is 22.4 Å². The van der Waals surface area contributed by atoms with Crippen LogP contribution < -0.4 is 10.9 Å². The number of amides is 2. The molecule has 0 spiro atoms. The summed E-state index contributed by atoms with van der Waals surface area (Å²) in [6.07, 6.45) is 9.80. The van der Waals surface area contributed by atoms with Gasteiger partial charge in [0.2, 0.25) is 18.3 Å². The summed E-state index contributed by atoms with van der Waals surface area (Å²) >= 11 is 0. The molecule has 0 saturated heterocycles. The Hall–Kier alpha value is -2.22. The van der Waals surface area contributed by atoms with E-state index in [0.717, 1.165) is 50.6 Å². The molecule has 3 N–H and O–H groups in total. The van der Waals surface area contributed by atoms with Crippen LogP contribution in [0.15, 0.2) is 6.20 Å². The highest BCUT2D eigenvalue weighted by Crippen LogP contribution is 2.19. The number of hydroxylamine groups is 2. The zero-order valence-corrected chi connectivity index (χ0v) is 14.7. The first-order valence-electron chi connectivity index (χ1n) is 8.95. The number of aromatic nitrogens is 2. The lowest BCUT2D eigenvalue weighted by atomic mass is 9.98. The molecule has 0 fully saturated rings. The van der Waals surface area contributed by atoms with E-state index in [1.807, 2.05) is 0 Å². The van der Waals surface area contributed by atoms with E-state index < -0.39 is 5.92 Å². The number of hydrogen-bond donors (Lipinski definition) is 3. The maximum absolute atomic E-state index is 12.4. The largest absolute Gasteiger partial charge is 0.286 e. The van der Waals surface area contributed by atoms with Gasteiger partial charge in [0.15, 0.2) is 0 Å². The van der Waals surface area contributed by atoms with Crippen LogP contribution in [0.5, 0.6) is 0 Å². The number of anilines is 1. The second-order valence-electron chi connectivity index (χ2n) is 6.41. The maximum Gasteiger partial charge on any atom is 0.243 e. The van der Waals surface area contributed by atoms with Gasteiger partial charge in [-0.1, -0.05) is 26.2 Å². The van der Waals surface area contributed by atoms with Crippen LogP contribution in [-0.4, -0.2) is 39.1 Å². The fourth-order valence-electron chi connectivity index (χ4n) is 2.97. The van der Waals surface area contributed by atoms with Gasteiger partial charge in [-0.3, -0.25) is 25.6 Å². The molecule has 2 amide bonds. The molecule has 1 aliphatic carbocycles. The second-order valence-corrected chi connectivity index (χ2v) is 6.41. The Morgan fingerprint density at radius 3 is 2.96 bits per heavy atom. The minimum absolute atomic E-state index is 0.0359. The fourth-order valence-corrected chi connectivity index (χ4v) is 2.97. The van der Waals surface area contributed by atoms with E-state index in [1.165, 1.54) is 5.56 Å². The van der Waals surface area contributed by atoms with E-state index in [1.54, 1.807) is 6.20 Å². The van der Waals surface area contributed by atoms with Gasteiger partial charge in [-0.05, 0) is 37.7 Å². The number of carbonyl (C=O) groups is 2. The molecular weight excluding hydrogens is 322 g/mol. The van der Waals surface area contributed by atoms with E-state index in [-0.39, 0.29) is 12.5 Å². The third-order valence-electron chi connectivity index (χ3n) is 4.42. The predicted molar refractivity (Wildman–Crippen MR) is 92.6 cm³/mol. The highest BCUT2D eigenvalue weighted by atomic mass is 16.5. The molecule has 0 saturated carbocycles. The van der Waals surface area contributed by atoms with Crippen LogP contribution in [0.4, 0.5) is 5.95 Å². The van der Waals surface area contributed by atoms with Crippen molar-refractivity contribution in [1.82, 2.24) is 20.5 Å². The minimum Gasteiger partial charge on any atom is -0.286 e. The topological polar surface area (TPSA) is 107 Å². The van der Waals surface area contributed by atoms with Crippen molar-refractivity contribution in [2.75, 3.05) is 12.0 Å². The molecule has 2 rings (SSSR count). The number of carbonyl (C=O) groups excluding carboxylic acids is 2. The lowest BCUT2D eigenvalue weighted by molar-refractivity contribution is -0.154. The highest BCUT2D eigenvalue weighted by molar-refractivity contribution is 5.80. The van der Waals surface area contributed by atoms with Crippen molar-refractivity contribution in [1.29, 1.82) is 0 Å². The molecular formula is C17H27N5O3. The molecule has 1 heterocycles. The first-order chi connectivity index (χ1) is 12.1. The van der Waals surface area contributed by atoms with Crippen molar-refractivity contribution in [3.8, 4) is 0 Å². The fraction of sp³-hybridized carbons (Fsp3) is 0.647. The van der Waals surface area contributed by atoms with Gasteiger partial charge in [0.1, 0.15) is 0 Å². The SMILES string of the molecule is CCCCC[C@H](CN(O)C=O)C(=O)NNc1ncc2c(n1)CCCC2. The average molecular weight is 349 g/mol. The van der Waals surface area contributed by atoms with Crippen LogP contribution in [0, 0.1) is 5.92 Å². The lowest BCUT2D eigenvalue weighted by Crippen LogP contribution is -2.40. The smallest absolute Gasteiger partial charge is 0.243 e. The number of rotatable bonds is 10. The van der Waals surface area contributed by atoms with Crippen LogP contribution in [0.3, 0.4) is 0 Å². The van der Waals surface area contributed by atoms with Crippen LogP contribution >= 0.6 is 0 Å². The molecule has 25 heavy (non-hydrogen) atoms. The number of fused-ring (bicyclic) bond motifs is 1. The van der Waals surface area contributed by atoms with Gasteiger partial charge in [0, 0.05) is 11.9 Å². The van der Waals surface area contributed by atoms with Gasteiger partial charge in [0.25, 0.3) is 0 Å². The van der Waals surface area contributed by atoms with Gasteiger partial charge in [0.05, 0.1) is 12.5 Å². The molecule has 138 valence electrons. The summed E-state index contributed by atoms with van der Waals surface area (Å²) < 4.78 is 0. The van der Waals surface area contributed by atoms with Crippen molar-refractivity contribution in [3.05, 3.63) is 17.5 Å². The third-order valence-corrected chi connectivity index (χ3v) is 4.42. The summed E-state index contributed by atoms with van der Waals surface area (Å²) in [5.74, 6) is -0.428. The minimum atomic E-state index is -0.494. The number of unbranched alkanes of at least 4 members (excludes halogenated alkanes) is 2. The van der Waals surface area contributed by atoms with Gasteiger partial charge in [-0.15, -0.1) is 0 Å². The van der Waals surface area contributed by atoms with Crippen molar-refractivity contribution >= 4 is 18.3 Å². The van der Waals surface area contributed by atoms with Crippen molar-refractivity contribution in [3.63, 3.8) is 0 Å². The quantitative estimate of drug-likeness (QED) is 0.257. The van der Waals surface area contributed by atoms with Crippen molar-refractivity contribution in [2.45, 2.75) is 58.3 Å². The molecule has 8 heteroatoms. The number of nitrogens with one attached hydrogen (secondary N) is 2.